The third-order valence-electron chi connectivity index (χ3n) is 5.96. The maximum Gasteiger partial charge on any atom is 0.0473 e. The van der Waals surface area contributed by atoms with E-state index in [-0.39, 0.29) is 5.54 Å². The lowest BCUT2D eigenvalue weighted by atomic mass is 9.74. The van der Waals surface area contributed by atoms with Crippen LogP contribution < -0.4 is 5.73 Å². The van der Waals surface area contributed by atoms with E-state index >= 15 is 0 Å². The molecule has 1 saturated carbocycles. The van der Waals surface area contributed by atoms with Gasteiger partial charge in [0.25, 0.3) is 0 Å². The Labute approximate surface area is 119 Å². The van der Waals surface area contributed by atoms with Crippen LogP contribution in [0, 0.1) is 5.41 Å². The van der Waals surface area contributed by atoms with Crippen molar-refractivity contribution >= 4 is 0 Å². The molecule has 1 heterocycles. The van der Waals surface area contributed by atoms with Crippen molar-refractivity contribution in [3.05, 3.63) is 0 Å². The fourth-order valence-corrected chi connectivity index (χ4v) is 4.10. The first-order valence-electron chi connectivity index (χ1n) is 7.93. The maximum absolute atomic E-state index is 6.19. The summed E-state index contributed by atoms with van der Waals surface area (Å²) in [5, 5.41) is 0. The summed E-state index contributed by atoms with van der Waals surface area (Å²) in [5.41, 5.74) is 6.94. The minimum Gasteiger partial charge on any atom is -0.329 e. The second-order valence-corrected chi connectivity index (χ2v) is 7.90. The molecule has 2 aliphatic rings. The van der Waals surface area contributed by atoms with Crippen molar-refractivity contribution in [3.8, 4) is 0 Å². The van der Waals surface area contributed by atoms with Gasteiger partial charge in [0.1, 0.15) is 0 Å². The van der Waals surface area contributed by atoms with E-state index in [0.29, 0.717) is 11.5 Å². The van der Waals surface area contributed by atoms with Crippen molar-refractivity contribution in [1.82, 2.24) is 9.80 Å². The maximum atomic E-state index is 6.19. The second-order valence-electron chi connectivity index (χ2n) is 7.90. The van der Waals surface area contributed by atoms with Gasteiger partial charge in [-0.2, -0.15) is 0 Å². The van der Waals surface area contributed by atoms with Crippen molar-refractivity contribution in [3.63, 3.8) is 0 Å². The number of likely N-dealkylation sites (tertiary alicyclic amines) is 1. The van der Waals surface area contributed by atoms with Crippen molar-refractivity contribution in [2.24, 2.45) is 11.1 Å². The fourth-order valence-electron chi connectivity index (χ4n) is 4.10. The van der Waals surface area contributed by atoms with Gasteiger partial charge >= 0.3 is 0 Å². The van der Waals surface area contributed by atoms with Crippen LogP contribution in [0.3, 0.4) is 0 Å². The van der Waals surface area contributed by atoms with Gasteiger partial charge in [-0.1, -0.05) is 13.8 Å². The molecule has 19 heavy (non-hydrogen) atoms. The second kappa shape index (κ2) is 5.34. The summed E-state index contributed by atoms with van der Waals surface area (Å²) in [7, 11) is 4.56. The number of nitrogens with two attached hydrogens (primary N) is 1. The van der Waals surface area contributed by atoms with Gasteiger partial charge < -0.3 is 10.6 Å². The number of hydrogen-bond donors (Lipinski definition) is 1. The Morgan fingerprint density at radius 1 is 1.26 bits per heavy atom. The summed E-state index contributed by atoms with van der Waals surface area (Å²) in [5.74, 6) is 0. The lowest BCUT2D eigenvalue weighted by Gasteiger charge is -2.46. The van der Waals surface area contributed by atoms with Crippen LogP contribution in [-0.2, 0) is 0 Å². The van der Waals surface area contributed by atoms with Gasteiger partial charge in [-0.25, -0.2) is 0 Å². The Hall–Kier alpha value is -0.120. The fraction of sp³-hybridized carbons (Fsp3) is 1.00. The molecule has 0 aromatic rings. The molecule has 1 aliphatic carbocycles. The number of nitrogens with zero attached hydrogens (tertiary/aromatic N) is 2. The standard InChI is InChI=1S/C16H33N3/c1-13-10-16(11-17,12-18(13)4)19(5)14-6-8-15(2,3)9-7-14/h13-14H,6-12,17H2,1-5H3. The molecule has 0 aromatic heterocycles. The summed E-state index contributed by atoms with van der Waals surface area (Å²) in [6.07, 6.45) is 6.60. The first-order chi connectivity index (χ1) is 8.80. The van der Waals surface area contributed by atoms with E-state index in [4.69, 9.17) is 5.73 Å². The zero-order valence-electron chi connectivity index (χ0n) is 13.6. The Morgan fingerprint density at radius 2 is 1.84 bits per heavy atom. The number of rotatable bonds is 3. The molecule has 1 aliphatic heterocycles. The lowest BCUT2D eigenvalue weighted by molar-refractivity contribution is 0.0419. The van der Waals surface area contributed by atoms with Crippen LogP contribution in [0.1, 0.15) is 52.9 Å². The minimum atomic E-state index is 0.209. The van der Waals surface area contributed by atoms with Crippen LogP contribution in [-0.4, -0.2) is 54.6 Å². The van der Waals surface area contributed by atoms with Crippen LogP contribution in [0.25, 0.3) is 0 Å². The van der Waals surface area contributed by atoms with Crippen LogP contribution >= 0.6 is 0 Å². The van der Waals surface area contributed by atoms with Gasteiger partial charge in [0.05, 0.1) is 0 Å². The van der Waals surface area contributed by atoms with Gasteiger partial charge in [0.2, 0.25) is 0 Å². The van der Waals surface area contributed by atoms with Gasteiger partial charge in [-0.15, -0.1) is 0 Å². The summed E-state index contributed by atoms with van der Waals surface area (Å²) >= 11 is 0. The van der Waals surface area contributed by atoms with Crippen LogP contribution in [0.5, 0.6) is 0 Å². The van der Waals surface area contributed by atoms with Crippen LogP contribution in [0.15, 0.2) is 0 Å². The van der Waals surface area contributed by atoms with Crippen LogP contribution in [0.4, 0.5) is 0 Å². The molecule has 2 atom stereocenters. The largest absolute Gasteiger partial charge is 0.329 e. The van der Waals surface area contributed by atoms with Crippen molar-refractivity contribution in [1.29, 1.82) is 0 Å². The lowest BCUT2D eigenvalue weighted by Crippen LogP contribution is -2.58. The van der Waals surface area contributed by atoms with Gasteiger partial charge in [-0.05, 0) is 58.5 Å². The summed E-state index contributed by atoms with van der Waals surface area (Å²) in [6, 6.07) is 1.39. The van der Waals surface area contributed by atoms with E-state index in [1.54, 1.807) is 0 Å². The predicted molar refractivity (Wildman–Crippen MR) is 82.3 cm³/mol. The number of hydrogen-bond acceptors (Lipinski definition) is 3. The molecule has 2 rings (SSSR count). The van der Waals surface area contributed by atoms with E-state index in [1.807, 2.05) is 0 Å². The Balaban J connectivity index is 2.04. The quantitative estimate of drug-likeness (QED) is 0.852. The Kier molecular flexibility index (Phi) is 4.29. The summed E-state index contributed by atoms with van der Waals surface area (Å²) < 4.78 is 0. The highest BCUT2D eigenvalue weighted by atomic mass is 15.3. The van der Waals surface area contributed by atoms with Gasteiger partial charge in [0, 0.05) is 30.7 Å². The molecule has 3 heteroatoms. The third kappa shape index (κ3) is 2.98. The molecule has 0 bridgehead atoms. The molecule has 0 radical (unpaired) electrons. The monoisotopic (exact) mass is 267 g/mol. The zero-order chi connectivity index (χ0) is 14.3. The van der Waals surface area contributed by atoms with Gasteiger partial charge in [0.15, 0.2) is 0 Å². The van der Waals surface area contributed by atoms with E-state index < -0.39 is 0 Å². The van der Waals surface area contributed by atoms with E-state index in [9.17, 15) is 0 Å². The molecule has 2 N–H and O–H groups in total. The smallest absolute Gasteiger partial charge is 0.0473 e. The molecular formula is C16H33N3. The topological polar surface area (TPSA) is 32.5 Å². The van der Waals surface area contributed by atoms with E-state index in [1.165, 1.54) is 32.1 Å². The highest BCUT2D eigenvalue weighted by molar-refractivity contribution is 5.03. The molecule has 0 amide bonds. The van der Waals surface area contributed by atoms with Crippen molar-refractivity contribution in [2.45, 2.75) is 70.5 Å². The first-order valence-corrected chi connectivity index (χ1v) is 7.93. The highest BCUT2D eigenvalue weighted by Gasteiger charge is 2.45. The molecule has 2 unspecified atom stereocenters. The zero-order valence-corrected chi connectivity index (χ0v) is 13.6. The van der Waals surface area contributed by atoms with E-state index in [0.717, 1.165) is 19.1 Å². The van der Waals surface area contributed by atoms with Crippen LogP contribution in [0.2, 0.25) is 0 Å². The molecule has 1 saturated heterocycles. The Bertz CT molecular complexity index is 293. The molecule has 3 nitrogen and oxygen atoms in total. The Morgan fingerprint density at radius 3 is 2.26 bits per heavy atom. The van der Waals surface area contributed by atoms with Gasteiger partial charge in [-0.3, -0.25) is 4.90 Å². The highest BCUT2D eigenvalue weighted by Crippen LogP contribution is 2.40. The summed E-state index contributed by atoms with van der Waals surface area (Å²) in [6.45, 7) is 9.06. The average molecular weight is 267 g/mol. The van der Waals surface area contributed by atoms with Crippen molar-refractivity contribution in [2.75, 3.05) is 27.2 Å². The predicted octanol–water partition coefficient (Wildman–Crippen LogP) is 2.31. The summed E-state index contributed by atoms with van der Waals surface area (Å²) in [4.78, 5) is 5.11. The molecular weight excluding hydrogens is 234 g/mol. The SMILES string of the molecule is CC1CC(CN)(N(C)C2CCC(C)(C)CC2)CN1C. The molecule has 0 aromatic carbocycles. The first kappa shape index (κ1) is 15.3. The third-order valence-corrected chi connectivity index (χ3v) is 5.96. The molecule has 0 spiro atoms. The van der Waals surface area contributed by atoms with E-state index in [2.05, 4.69) is 44.7 Å². The average Bonchev–Trinajstić information content (AvgIpc) is 2.65. The molecule has 112 valence electrons. The molecule has 2 fully saturated rings. The number of likely N-dealkylation sites (N-methyl/N-ethyl adjacent to an activating group) is 2. The minimum absolute atomic E-state index is 0.209. The normalized spacial score (nSPS) is 37.1. The van der Waals surface area contributed by atoms with Crippen molar-refractivity contribution < 1.29 is 0 Å².